The number of benzene rings is 2. The van der Waals surface area contributed by atoms with Gasteiger partial charge < -0.3 is 9.47 Å². The number of carbonyl (C=O) groups excluding carboxylic acids is 1. The smallest absolute Gasteiger partial charge is 0.254 e. The Morgan fingerprint density at radius 3 is 2.64 bits per heavy atom. The molecule has 5 heteroatoms. The van der Waals surface area contributed by atoms with Gasteiger partial charge in [0.25, 0.3) is 5.91 Å². The van der Waals surface area contributed by atoms with Crippen molar-refractivity contribution >= 4 is 5.91 Å². The standard InChI is InChI=1S/C23H26FN3O/c1-2-3-4-13-27(17-19-8-10-22(24)11-9-19)23(28)21-7-5-6-20(15-21)16-26-14-12-25-18-26/h5-12,14-15,18H,2-4,13,16-17H2,1H3. The van der Waals surface area contributed by atoms with E-state index in [4.69, 9.17) is 0 Å². The highest BCUT2D eigenvalue weighted by molar-refractivity contribution is 5.94. The van der Waals surface area contributed by atoms with Crippen LogP contribution >= 0.6 is 0 Å². The number of halogens is 1. The molecule has 3 aromatic rings. The van der Waals surface area contributed by atoms with E-state index in [1.807, 2.05) is 39.9 Å². The van der Waals surface area contributed by atoms with Crippen LogP contribution in [0.5, 0.6) is 0 Å². The van der Waals surface area contributed by atoms with Gasteiger partial charge in [-0.05, 0) is 41.8 Å². The fourth-order valence-electron chi connectivity index (χ4n) is 3.19. The second-order valence-corrected chi connectivity index (χ2v) is 7.00. The Morgan fingerprint density at radius 2 is 1.93 bits per heavy atom. The van der Waals surface area contributed by atoms with E-state index < -0.39 is 0 Å². The molecule has 2 aromatic carbocycles. The lowest BCUT2D eigenvalue weighted by Gasteiger charge is -2.23. The van der Waals surface area contributed by atoms with Crippen molar-refractivity contribution in [1.29, 1.82) is 0 Å². The van der Waals surface area contributed by atoms with E-state index in [9.17, 15) is 9.18 Å². The first-order valence-corrected chi connectivity index (χ1v) is 9.74. The van der Waals surface area contributed by atoms with E-state index in [-0.39, 0.29) is 11.7 Å². The molecule has 0 radical (unpaired) electrons. The third-order valence-electron chi connectivity index (χ3n) is 4.70. The predicted molar refractivity (Wildman–Crippen MR) is 108 cm³/mol. The van der Waals surface area contributed by atoms with E-state index in [2.05, 4.69) is 11.9 Å². The van der Waals surface area contributed by atoms with Crippen molar-refractivity contribution in [1.82, 2.24) is 14.5 Å². The Morgan fingerprint density at radius 1 is 1.11 bits per heavy atom. The van der Waals surface area contributed by atoms with Gasteiger partial charge in [-0.25, -0.2) is 9.37 Å². The lowest BCUT2D eigenvalue weighted by atomic mass is 10.1. The van der Waals surface area contributed by atoms with Gasteiger partial charge in [-0.1, -0.05) is 44.0 Å². The zero-order valence-electron chi connectivity index (χ0n) is 16.2. The molecule has 0 spiro atoms. The number of rotatable bonds is 9. The van der Waals surface area contributed by atoms with E-state index >= 15 is 0 Å². The molecule has 4 nitrogen and oxygen atoms in total. The van der Waals surface area contributed by atoms with Crippen LogP contribution in [-0.4, -0.2) is 26.9 Å². The van der Waals surface area contributed by atoms with Crippen LogP contribution in [0.25, 0.3) is 0 Å². The summed E-state index contributed by atoms with van der Waals surface area (Å²) in [4.78, 5) is 19.1. The van der Waals surface area contributed by atoms with Crippen LogP contribution in [0.4, 0.5) is 4.39 Å². The summed E-state index contributed by atoms with van der Waals surface area (Å²) < 4.78 is 15.2. The minimum absolute atomic E-state index is 0.00732. The number of imidazole rings is 1. The molecule has 1 amide bonds. The average molecular weight is 379 g/mol. The van der Waals surface area contributed by atoms with Gasteiger partial charge in [0.1, 0.15) is 5.82 Å². The van der Waals surface area contributed by atoms with E-state index in [1.165, 1.54) is 12.1 Å². The van der Waals surface area contributed by atoms with Gasteiger partial charge in [-0.3, -0.25) is 4.79 Å². The molecule has 1 aromatic heterocycles. The molecule has 146 valence electrons. The topological polar surface area (TPSA) is 38.1 Å². The molecular weight excluding hydrogens is 353 g/mol. The lowest BCUT2D eigenvalue weighted by Crippen LogP contribution is -2.31. The molecule has 0 N–H and O–H groups in total. The second kappa shape index (κ2) is 9.83. The van der Waals surface area contributed by atoms with Gasteiger partial charge in [-0.15, -0.1) is 0 Å². The number of aromatic nitrogens is 2. The first-order chi connectivity index (χ1) is 13.7. The van der Waals surface area contributed by atoms with Gasteiger partial charge in [0.15, 0.2) is 0 Å². The zero-order chi connectivity index (χ0) is 19.8. The highest BCUT2D eigenvalue weighted by atomic mass is 19.1. The van der Waals surface area contributed by atoms with E-state index in [1.54, 1.807) is 24.7 Å². The molecule has 0 fully saturated rings. The molecule has 0 aliphatic heterocycles. The van der Waals surface area contributed by atoms with Gasteiger partial charge in [0.05, 0.1) is 6.33 Å². The van der Waals surface area contributed by atoms with Gasteiger partial charge >= 0.3 is 0 Å². The molecule has 1 heterocycles. The second-order valence-electron chi connectivity index (χ2n) is 7.00. The number of unbranched alkanes of at least 4 members (excludes halogenated alkanes) is 2. The third-order valence-corrected chi connectivity index (χ3v) is 4.70. The summed E-state index contributed by atoms with van der Waals surface area (Å²) in [5.41, 5.74) is 2.66. The molecule has 0 saturated carbocycles. The first-order valence-electron chi connectivity index (χ1n) is 9.74. The number of hydrogen-bond donors (Lipinski definition) is 0. The van der Waals surface area contributed by atoms with Crippen LogP contribution in [0.1, 0.15) is 47.7 Å². The fraction of sp³-hybridized carbons (Fsp3) is 0.304. The van der Waals surface area contributed by atoms with Crippen LogP contribution < -0.4 is 0 Å². The Bertz CT molecular complexity index is 875. The predicted octanol–water partition coefficient (Wildman–Crippen LogP) is 4.90. The lowest BCUT2D eigenvalue weighted by molar-refractivity contribution is 0.0740. The average Bonchev–Trinajstić information content (AvgIpc) is 3.21. The van der Waals surface area contributed by atoms with Crippen LogP contribution in [0.2, 0.25) is 0 Å². The summed E-state index contributed by atoms with van der Waals surface area (Å²) >= 11 is 0. The van der Waals surface area contributed by atoms with Crippen LogP contribution in [0, 0.1) is 5.82 Å². The van der Waals surface area contributed by atoms with Crippen molar-refractivity contribution < 1.29 is 9.18 Å². The van der Waals surface area contributed by atoms with E-state index in [0.29, 0.717) is 25.2 Å². The van der Waals surface area contributed by atoms with Gasteiger partial charge in [-0.2, -0.15) is 0 Å². The quantitative estimate of drug-likeness (QED) is 0.496. The largest absolute Gasteiger partial charge is 0.334 e. The van der Waals surface area contributed by atoms with Crippen molar-refractivity contribution in [2.24, 2.45) is 0 Å². The maximum atomic E-state index is 13.2. The summed E-state index contributed by atoms with van der Waals surface area (Å²) in [6.07, 6.45) is 8.54. The number of hydrogen-bond acceptors (Lipinski definition) is 2. The van der Waals surface area contributed by atoms with Crippen LogP contribution in [0.15, 0.2) is 67.3 Å². The summed E-state index contributed by atoms with van der Waals surface area (Å²) in [5.74, 6) is -0.257. The maximum Gasteiger partial charge on any atom is 0.254 e. The molecule has 28 heavy (non-hydrogen) atoms. The van der Waals surface area contributed by atoms with Crippen molar-refractivity contribution in [2.45, 2.75) is 39.3 Å². The fourth-order valence-corrected chi connectivity index (χ4v) is 3.19. The van der Waals surface area contributed by atoms with Crippen LogP contribution in [-0.2, 0) is 13.1 Å². The van der Waals surface area contributed by atoms with Crippen molar-refractivity contribution in [3.8, 4) is 0 Å². The highest BCUT2D eigenvalue weighted by Crippen LogP contribution is 2.15. The molecular formula is C23H26FN3O. The zero-order valence-corrected chi connectivity index (χ0v) is 16.2. The highest BCUT2D eigenvalue weighted by Gasteiger charge is 2.16. The summed E-state index contributed by atoms with van der Waals surface area (Å²) in [6, 6.07) is 14.1. The first kappa shape index (κ1) is 19.8. The molecule has 3 rings (SSSR count). The molecule has 0 aliphatic carbocycles. The Balaban J connectivity index is 1.76. The number of nitrogens with zero attached hydrogens (tertiary/aromatic N) is 3. The molecule has 0 bridgehead atoms. The Labute approximate surface area is 165 Å². The van der Waals surface area contributed by atoms with Crippen molar-refractivity contribution in [3.63, 3.8) is 0 Å². The Kier molecular flexibility index (Phi) is 6.95. The van der Waals surface area contributed by atoms with Crippen LogP contribution in [0.3, 0.4) is 0 Å². The summed E-state index contributed by atoms with van der Waals surface area (Å²) in [5, 5.41) is 0. The minimum Gasteiger partial charge on any atom is -0.334 e. The molecule has 0 aliphatic rings. The molecule has 0 unspecified atom stereocenters. The molecule has 0 saturated heterocycles. The van der Waals surface area contributed by atoms with Gasteiger partial charge in [0, 0.05) is 37.6 Å². The summed E-state index contributed by atoms with van der Waals surface area (Å²) in [6.45, 7) is 3.99. The van der Waals surface area contributed by atoms with E-state index in [0.717, 1.165) is 30.4 Å². The SMILES string of the molecule is CCCCCN(Cc1ccc(F)cc1)C(=O)c1cccc(Cn2ccnc2)c1. The molecule has 0 atom stereocenters. The minimum atomic E-state index is -0.264. The normalized spacial score (nSPS) is 10.8. The van der Waals surface area contributed by atoms with Gasteiger partial charge in [0.2, 0.25) is 0 Å². The maximum absolute atomic E-state index is 13.2. The number of carbonyl (C=O) groups is 1. The monoisotopic (exact) mass is 379 g/mol. The third kappa shape index (κ3) is 5.52. The summed E-state index contributed by atoms with van der Waals surface area (Å²) in [7, 11) is 0. The Hall–Kier alpha value is -2.95. The van der Waals surface area contributed by atoms with Crippen molar-refractivity contribution in [3.05, 3.63) is 89.8 Å². The van der Waals surface area contributed by atoms with Crippen molar-refractivity contribution in [2.75, 3.05) is 6.54 Å². The number of amides is 1.